The van der Waals surface area contributed by atoms with E-state index in [9.17, 15) is 4.79 Å². The SMILES string of the molecule is CN(C(=O)C(C)(C)C)c1ncccn1. The van der Waals surface area contributed by atoms with Crippen LogP contribution in [0.1, 0.15) is 20.8 Å². The predicted octanol–water partition coefficient (Wildman–Crippen LogP) is 1.49. The van der Waals surface area contributed by atoms with Gasteiger partial charge in [0, 0.05) is 24.9 Å². The average molecular weight is 193 g/mol. The van der Waals surface area contributed by atoms with Gasteiger partial charge in [0.2, 0.25) is 11.9 Å². The van der Waals surface area contributed by atoms with Gasteiger partial charge in [-0.3, -0.25) is 9.69 Å². The molecule has 76 valence electrons. The maximum atomic E-state index is 11.8. The van der Waals surface area contributed by atoms with E-state index in [-0.39, 0.29) is 5.91 Å². The maximum Gasteiger partial charge on any atom is 0.234 e. The number of rotatable bonds is 1. The Balaban J connectivity index is 2.87. The Bertz CT molecular complexity index is 316. The Hall–Kier alpha value is -1.45. The molecule has 1 rings (SSSR count). The molecular formula is C10H15N3O. The molecule has 1 amide bonds. The van der Waals surface area contributed by atoms with Crippen molar-refractivity contribution in [2.24, 2.45) is 5.41 Å². The van der Waals surface area contributed by atoms with E-state index in [1.54, 1.807) is 25.5 Å². The first-order valence-electron chi connectivity index (χ1n) is 4.48. The van der Waals surface area contributed by atoms with Crippen molar-refractivity contribution < 1.29 is 4.79 Å². The zero-order chi connectivity index (χ0) is 10.8. The van der Waals surface area contributed by atoms with Gasteiger partial charge in [0.05, 0.1) is 0 Å². The molecule has 0 atom stereocenters. The van der Waals surface area contributed by atoms with Crippen LogP contribution in [0.5, 0.6) is 0 Å². The molecule has 0 spiro atoms. The maximum absolute atomic E-state index is 11.8. The number of nitrogens with zero attached hydrogens (tertiary/aromatic N) is 3. The number of hydrogen-bond acceptors (Lipinski definition) is 3. The van der Waals surface area contributed by atoms with Crippen LogP contribution in [-0.4, -0.2) is 22.9 Å². The monoisotopic (exact) mass is 193 g/mol. The van der Waals surface area contributed by atoms with Gasteiger partial charge in [-0.1, -0.05) is 20.8 Å². The first-order valence-corrected chi connectivity index (χ1v) is 4.48. The highest BCUT2D eigenvalue weighted by atomic mass is 16.2. The standard InChI is InChI=1S/C10H15N3O/c1-10(2,3)8(14)13(4)9-11-6-5-7-12-9/h5-7H,1-4H3. The van der Waals surface area contributed by atoms with Crippen LogP contribution >= 0.6 is 0 Å². The quantitative estimate of drug-likeness (QED) is 0.678. The van der Waals surface area contributed by atoms with Crippen LogP contribution < -0.4 is 4.90 Å². The van der Waals surface area contributed by atoms with Crippen molar-refractivity contribution in [2.45, 2.75) is 20.8 Å². The molecule has 0 saturated carbocycles. The molecule has 14 heavy (non-hydrogen) atoms. The molecule has 0 bridgehead atoms. The lowest BCUT2D eigenvalue weighted by Crippen LogP contribution is -2.37. The van der Waals surface area contributed by atoms with Crippen LogP contribution in [0.2, 0.25) is 0 Å². The van der Waals surface area contributed by atoms with Crippen LogP contribution in [0.15, 0.2) is 18.5 Å². The van der Waals surface area contributed by atoms with Crippen molar-refractivity contribution in [3.05, 3.63) is 18.5 Å². The van der Waals surface area contributed by atoms with Crippen LogP contribution in [-0.2, 0) is 4.79 Å². The van der Waals surface area contributed by atoms with Crippen LogP contribution in [0.25, 0.3) is 0 Å². The summed E-state index contributed by atoms with van der Waals surface area (Å²) >= 11 is 0. The van der Waals surface area contributed by atoms with Crippen molar-refractivity contribution in [1.82, 2.24) is 9.97 Å². The molecule has 0 aromatic carbocycles. The van der Waals surface area contributed by atoms with Crippen molar-refractivity contribution in [2.75, 3.05) is 11.9 Å². The molecule has 0 aliphatic rings. The van der Waals surface area contributed by atoms with Gasteiger partial charge in [-0.15, -0.1) is 0 Å². The molecule has 0 aliphatic heterocycles. The number of anilines is 1. The molecule has 1 heterocycles. The van der Waals surface area contributed by atoms with E-state index in [2.05, 4.69) is 9.97 Å². The van der Waals surface area contributed by atoms with Crippen molar-refractivity contribution >= 4 is 11.9 Å². The van der Waals surface area contributed by atoms with E-state index in [1.807, 2.05) is 20.8 Å². The van der Waals surface area contributed by atoms with E-state index < -0.39 is 5.41 Å². The number of hydrogen-bond donors (Lipinski definition) is 0. The van der Waals surface area contributed by atoms with Gasteiger partial charge in [-0.05, 0) is 6.07 Å². The van der Waals surface area contributed by atoms with Gasteiger partial charge in [-0.25, -0.2) is 9.97 Å². The predicted molar refractivity (Wildman–Crippen MR) is 54.9 cm³/mol. The second kappa shape index (κ2) is 3.74. The zero-order valence-electron chi connectivity index (χ0n) is 8.98. The average Bonchev–Trinajstić information content (AvgIpc) is 2.15. The number of aromatic nitrogens is 2. The summed E-state index contributed by atoms with van der Waals surface area (Å²) in [4.78, 5) is 21.3. The summed E-state index contributed by atoms with van der Waals surface area (Å²) in [5.74, 6) is 0.441. The second-order valence-corrected chi connectivity index (χ2v) is 4.16. The fraction of sp³-hybridized carbons (Fsp3) is 0.500. The van der Waals surface area contributed by atoms with Crippen LogP contribution in [0, 0.1) is 5.41 Å². The summed E-state index contributed by atoms with van der Waals surface area (Å²) in [6.07, 6.45) is 3.24. The Kier molecular flexibility index (Phi) is 2.84. The van der Waals surface area contributed by atoms with Gasteiger partial charge in [-0.2, -0.15) is 0 Å². The van der Waals surface area contributed by atoms with Gasteiger partial charge in [0.1, 0.15) is 0 Å². The molecule has 0 fully saturated rings. The Labute approximate surface area is 84.0 Å². The van der Waals surface area contributed by atoms with E-state index in [1.165, 1.54) is 4.90 Å². The first kappa shape index (κ1) is 10.6. The second-order valence-electron chi connectivity index (χ2n) is 4.16. The van der Waals surface area contributed by atoms with Crippen molar-refractivity contribution in [3.8, 4) is 0 Å². The van der Waals surface area contributed by atoms with Gasteiger partial charge >= 0.3 is 0 Å². The van der Waals surface area contributed by atoms with Crippen molar-refractivity contribution in [3.63, 3.8) is 0 Å². The summed E-state index contributed by atoms with van der Waals surface area (Å²) in [6, 6.07) is 1.72. The lowest BCUT2D eigenvalue weighted by Gasteiger charge is -2.24. The molecule has 4 nitrogen and oxygen atoms in total. The molecule has 4 heteroatoms. The Morgan fingerprint density at radius 3 is 2.21 bits per heavy atom. The van der Waals surface area contributed by atoms with Crippen LogP contribution in [0.4, 0.5) is 5.95 Å². The summed E-state index contributed by atoms with van der Waals surface area (Å²) in [5, 5.41) is 0. The first-order chi connectivity index (χ1) is 6.43. The summed E-state index contributed by atoms with van der Waals surface area (Å²) in [5.41, 5.74) is -0.409. The van der Waals surface area contributed by atoms with Crippen molar-refractivity contribution in [1.29, 1.82) is 0 Å². The third-order valence-electron chi connectivity index (χ3n) is 1.80. The number of carbonyl (C=O) groups is 1. The number of amides is 1. The molecule has 0 unspecified atom stereocenters. The Morgan fingerprint density at radius 1 is 1.29 bits per heavy atom. The molecule has 0 aliphatic carbocycles. The molecular weight excluding hydrogens is 178 g/mol. The minimum Gasteiger partial charge on any atom is -0.283 e. The lowest BCUT2D eigenvalue weighted by atomic mass is 9.95. The van der Waals surface area contributed by atoms with E-state index >= 15 is 0 Å². The van der Waals surface area contributed by atoms with Gasteiger partial charge < -0.3 is 0 Å². The highest BCUT2D eigenvalue weighted by Gasteiger charge is 2.26. The molecule has 1 aromatic heterocycles. The van der Waals surface area contributed by atoms with E-state index in [0.29, 0.717) is 5.95 Å². The fourth-order valence-electron chi connectivity index (χ4n) is 1.06. The molecule has 0 N–H and O–H groups in total. The normalized spacial score (nSPS) is 11.1. The Morgan fingerprint density at radius 2 is 1.79 bits per heavy atom. The highest BCUT2D eigenvalue weighted by molar-refractivity contribution is 5.94. The van der Waals surface area contributed by atoms with E-state index in [0.717, 1.165) is 0 Å². The minimum absolute atomic E-state index is 0.00343. The minimum atomic E-state index is -0.409. The van der Waals surface area contributed by atoms with Gasteiger partial charge in [0.15, 0.2) is 0 Å². The third-order valence-corrected chi connectivity index (χ3v) is 1.80. The summed E-state index contributed by atoms with van der Waals surface area (Å²) in [7, 11) is 1.68. The topological polar surface area (TPSA) is 46.1 Å². The lowest BCUT2D eigenvalue weighted by molar-refractivity contribution is -0.125. The smallest absolute Gasteiger partial charge is 0.234 e. The van der Waals surface area contributed by atoms with Crippen LogP contribution in [0.3, 0.4) is 0 Å². The van der Waals surface area contributed by atoms with Gasteiger partial charge in [0.25, 0.3) is 0 Å². The highest BCUT2D eigenvalue weighted by Crippen LogP contribution is 2.18. The van der Waals surface area contributed by atoms with E-state index in [4.69, 9.17) is 0 Å². The zero-order valence-corrected chi connectivity index (χ0v) is 8.98. The molecule has 0 radical (unpaired) electrons. The largest absolute Gasteiger partial charge is 0.283 e. The fourth-order valence-corrected chi connectivity index (χ4v) is 1.06. The summed E-state index contributed by atoms with van der Waals surface area (Å²) < 4.78 is 0. The molecule has 1 aromatic rings. The number of carbonyl (C=O) groups excluding carboxylic acids is 1. The molecule has 0 saturated heterocycles. The third kappa shape index (κ3) is 2.28. The summed E-state index contributed by atoms with van der Waals surface area (Å²) in [6.45, 7) is 5.61.